The van der Waals surface area contributed by atoms with Crippen LogP contribution in [0.1, 0.15) is 31.9 Å². The summed E-state index contributed by atoms with van der Waals surface area (Å²) in [5.74, 6) is -2.08. The number of esters is 1. The van der Waals surface area contributed by atoms with Gasteiger partial charge in [-0.05, 0) is 36.6 Å². The Morgan fingerprint density at radius 3 is 1.98 bits per heavy atom. The van der Waals surface area contributed by atoms with Gasteiger partial charge in [0.1, 0.15) is 11.6 Å². The van der Waals surface area contributed by atoms with Gasteiger partial charge in [-0.15, -0.1) is 0 Å². The summed E-state index contributed by atoms with van der Waals surface area (Å²) in [4.78, 5) is 35.3. The van der Waals surface area contributed by atoms with Crippen molar-refractivity contribution in [1.29, 1.82) is 5.26 Å². The molecule has 0 saturated carbocycles. The first-order valence-electron chi connectivity index (χ1n) is 13.7. The Morgan fingerprint density at radius 1 is 0.956 bits per heavy atom. The third-order valence-electron chi connectivity index (χ3n) is 5.69. The number of nitrogens with zero attached hydrogens (tertiary/aromatic N) is 1. The topological polar surface area (TPSA) is 163 Å². The van der Waals surface area contributed by atoms with Crippen molar-refractivity contribution in [3.05, 3.63) is 125 Å². The molecule has 0 atom stereocenters. The van der Waals surface area contributed by atoms with Crippen LogP contribution >= 0.6 is 0 Å². The van der Waals surface area contributed by atoms with Crippen LogP contribution in [-0.2, 0) is 29.1 Å². The Labute approximate surface area is 263 Å². The average Bonchev–Trinajstić information content (AvgIpc) is 3.03. The molecule has 1 amide bonds. The van der Waals surface area contributed by atoms with E-state index in [1.54, 1.807) is 91.9 Å². The molecule has 0 aromatic heterocycles. The molecule has 0 spiro atoms. The molecule has 0 unspecified atom stereocenters. The molecule has 3 aromatic rings. The Kier molecular flexibility index (Phi) is 14.0. The molecule has 3 N–H and O–H groups in total. The maximum absolute atomic E-state index is 12.9. The van der Waals surface area contributed by atoms with Gasteiger partial charge in [0, 0.05) is 11.1 Å². The quantitative estimate of drug-likeness (QED) is 0.144. The lowest BCUT2D eigenvalue weighted by atomic mass is 10.1. The van der Waals surface area contributed by atoms with Gasteiger partial charge in [-0.25, -0.2) is 18.0 Å². The van der Waals surface area contributed by atoms with Crippen molar-refractivity contribution in [1.82, 2.24) is 10.0 Å². The number of benzene rings is 3. The summed E-state index contributed by atoms with van der Waals surface area (Å²) >= 11 is 0. The molecular formula is C34H35N3O7S. The van der Waals surface area contributed by atoms with E-state index in [0.717, 1.165) is 0 Å². The van der Waals surface area contributed by atoms with Crippen LogP contribution in [0.4, 0.5) is 0 Å². The maximum atomic E-state index is 12.9. The van der Waals surface area contributed by atoms with Gasteiger partial charge in [0.15, 0.2) is 0 Å². The van der Waals surface area contributed by atoms with Crippen molar-refractivity contribution in [2.75, 3.05) is 13.2 Å². The van der Waals surface area contributed by atoms with E-state index in [1.165, 1.54) is 18.2 Å². The lowest BCUT2D eigenvalue weighted by Crippen LogP contribution is -2.32. The highest BCUT2D eigenvalue weighted by atomic mass is 32.2. The molecule has 0 aliphatic heterocycles. The molecule has 0 aliphatic rings. The molecule has 11 heteroatoms. The Hall–Kier alpha value is -5.47. The number of rotatable bonds is 12. The molecule has 0 radical (unpaired) electrons. The minimum atomic E-state index is -4.13. The average molecular weight is 630 g/mol. The van der Waals surface area contributed by atoms with E-state index >= 15 is 0 Å². The molecule has 234 valence electrons. The van der Waals surface area contributed by atoms with Gasteiger partial charge in [0.2, 0.25) is 0 Å². The van der Waals surface area contributed by atoms with Crippen molar-refractivity contribution in [3.8, 4) is 6.07 Å². The standard InChI is InChI=1S/C26H21N3O5S.C8H14O2/c27-17-23(25(30)28-18-21(26(31)32)16-19-10-4-1-5-11-19)24(20-12-6-2-7-13-20)29-35(33,34)22-14-8-3-9-15-22;1-6(2)5-10-8(9)7(3)4/h1-16,29H,18H2,(H,28,30)(H,31,32);6H,3,5H2,1-2,4H3. The van der Waals surface area contributed by atoms with E-state index in [9.17, 15) is 33.2 Å². The van der Waals surface area contributed by atoms with Gasteiger partial charge < -0.3 is 15.2 Å². The highest BCUT2D eigenvalue weighted by molar-refractivity contribution is 7.89. The first kappa shape index (κ1) is 35.7. The molecule has 0 bridgehead atoms. The third-order valence-corrected chi connectivity index (χ3v) is 7.06. The maximum Gasteiger partial charge on any atom is 0.333 e. The fraction of sp³-hybridized carbons (Fsp3) is 0.176. The second-order valence-electron chi connectivity index (χ2n) is 9.99. The number of ether oxygens (including phenoxy) is 1. The van der Waals surface area contributed by atoms with Crippen molar-refractivity contribution in [2.45, 2.75) is 25.7 Å². The second kappa shape index (κ2) is 17.6. The van der Waals surface area contributed by atoms with Crippen LogP contribution < -0.4 is 10.0 Å². The van der Waals surface area contributed by atoms with E-state index in [1.807, 2.05) is 13.8 Å². The SMILES string of the molecule is C=C(C)C(=O)OCC(C)C.N#CC(C(=O)NCC(=Cc1ccccc1)C(=O)O)=C(NS(=O)(=O)c1ccccc1)c1ccccc1. The lowest BCUT2D eigenvalue weighted by Gasteiger charge is -2.15. The highest BCUT2D eigenvalue weighted by Crippen LogP contribution is 2.20. The summed E-state index contributed by atoms with van der Waals surface area (Å²) in [6, 6.07) is 26.0. The fourth-order valence-electron chi connectivity index (χ4n) is 3.44. The van der Waals surface area contributed by atoms with Crippen LogP contribution in [0.3, 0.4) is 0 Å². The summed E-state index contributed by atoms with van der Waals surface area (Å²) in [5, 5.41) is 21.7. The summed E-state index contributed by atoms with van der Waals surface area (Å²) in [5.41, 5.74) is 0.514. The highest BCUT2D eigenvalue weighted by Gasteiger charge is 2.23. The Balaban J connectivity index is 0.000000607. The predicted molar refractivity (Wildman–Crippen MR) is 171 cm³/mol. The van der Waals surface area contributed by atoms with Gasteiger partial charge in [-0.3, -0.25) is 9.52 Å². The van der Waals surface area contributed by atoms with Crippen LogP contribution in [0.15, 0.2) is 119 Å². The van der Waals surface area contributed by atoms with Gasteiger partial charge in [0.25, 0.3) is 15.9 Å². The molecule has 0 fully saturated rings. The van der Waals surface area contributed by atoms with E-state index in [-0.39, 0.29) is 34.2 Å². The Bertz CT molecular complexity index is 1690. The van der Waals surface area contributed by atoms with E-state index < -0.39 is 27.5 Å². The van der Waals surface area contributed by atoms with Crippen LogP contribution in [0.25, 0.3) is 11.8 Å². The smallest absolute Gasteiger partial charge is 0.333 e. The molecule has 0 heterocycles. The van der Waals surface area contributed by atoms with E-state index in [4.69, 9.17) is 4.74 Å². The third kappa shape index (κ3) is 12.0. The molecule has 3 rings (SSSR count). The largest absolute Gasteiger partial charge is 0.478 e. The van der Waals surface area contributed by atoms with E-state index in [0.29, 0.717) is 23.7 Å². The zero-order chi connectivity index (χ0) is 33.4. The monoisotopic (exact) mass is 629 g/mol. The predicted octanol–water partition coefficient (Wildman–Crippen LogP) is 4.95. The Morgan fingerprint density at radius 2 is 1.49 bits per heavy atom. The van der Waals surface area contributed by atoms with Gasteiger partial charge in [-0.2, -0.15) is 5.26 Å². The van der Waals surface area contributed by atoms with Gasteiger partial charge in [-0.1, -0.05) is 99.3 Å². The molecule has 45 heavy (non-hydrogen) atoms. The summed E-state index contributed by atoms with van der Waals surface area (Å²) < 4.78 is 33.1. The van der Waals surface area contributed by atoms with Crippen molar-refractivity contribution in [3.63, 3.8) is 0 Å². The van der Waals surface area contributed by atoms with Crippen molar-refractivity contribution < 1.29 is 32.6 Å². The first-order chi connectivity index (χ1) is 21.4. The molecule has 10 nitrogen and oxygen atoms in total. The summed E-state index contributed by atoms with van der Waals surface area (Å²) in [6.07, 6.45) is 1.40. The minimum Gasteiger partial charge on any atom is -0.478 e. The number of hydrogen-bond donors (Lipinski definition) is 3. The van der Waals surface area contributed by atoms with Gasteiger partial charge in [0.05, 0.1) is 29.3 Å². The first-order valence-corrected chi connectivity index (χ1v) is 15.2. The number of carboxylic acid groups (broad SMARTS) is 1. The number of carbonyl (C=O) groups excluding carboxylic acids is 2. The van der Waals surface area contributed by atoms with Crippen LogP contribution in [0.5, 0.6) is 0 Å². The lowest BCUT2D eigenvalue weighted by molar-refractivity contribution is -0.140. The van der Waals surface area contributed by atoms with E-state index in [2.05, 4.69) is 16.6 Å². The van der Waals surface area contributed by atoms with Crippen LogP contribution in [-0.4, -0.2) is 44.5 Å². The summed E-state index contributed by atoms with van der Waals surface area (Å²) in [7, 11) is -4.13. The van der Waals surface area contributed by atoms with Crippen molar-refractivity contribution in [2.24, 2.45) is 5.92 Å². The minimum absolute atomic E-state index is 0.0508. The number of sulfonamides is 1. The van der Waals surface area contributed by atoms with Crippen molar-refractivity contribution >= 4 is 39.6 Å². The number of aliphatic carboxylic acids is 1. The summed E-state index contributed by atoms with van der Waals surface area (Å²) in [6.45, 7) is 9.17. The molecule has 0 aliphatic carbocycles. The number of amides is 1. The normalized spacial score (nSPS) is 11.6. The number of hydrogen-bond acceptors (Lipinski definition) is 7. The van der Waals surface area contributed by atoms with Crippen LogP contribution in [0.2, 0.25) is 0 Å². The number of carboxylic acids is 1. The fourth-order valence-corrected chi connectivity index (χ4v) is 4.56. The second-order valence-corrected chi connectivity index (χ2v) is 11.7. The number of carbonyl (C=O) groups is 3. The zero-order valence-corrected chi connectivity index (χ0v) is 26.0. The zero-order valence-electron chi connectivity index (χ0n) is 25.2. The number of nitrogens with one attached hydrogen (secondary N) is 2. The molecular weight excluding hydrogens is 594 g/mol. The molecule has 3 aromatic carbocycles. The van der Waals surface area contributed by atoms with Crippen LogP contribution in [0, 0.1) is 17.2 Å². The number of nitriles is 1. The van der Waals surface area contributed by atoms with Gasteiger partial charge >= 0.3 is 11.9 Å². The molecule has 0 saturated heterocycles.